The van der Waals surface area contributed by atoms with Gasteiger partial charge in [-0.05, 0) is 48.0 Å². The zero-order valence-electron chi connectivity index (χ0n) is 15.9. The lowest BCUT2D eigenvalue weighted by Crippen LogP contribution is -2.42. The van der Waals surface area contributed by atoms with E-state index in [0.717, 1.165) is 38.5 Å². The third kappa shape index (κ3) is 3.56. The number of halogens is 1. The minimum Gasteiger partial charge on any atom is -0.357 e. The summed E-state index contributed by atoms with van der Waals surface area (Å²) in [6.45, 7) is 5.13. The number of H-pyrrole nitrogens is 1. The predicted octanol–water partition coefficient (Wildman–Crippen LogP) is 3.86. The van der Waals surface area contributed by atoms with E-state index in [0.29, 0.717) is 18.7 Å². The van der Waals surface area contributed by atoms with Crippen molar-refractivity contribution in [1.29, 1.82) is 0 Å². The molecule has 1 aliphatic heterocycles. The number of hydrogen-bond donors (Lipinski definition) is 2. The van der Waals surface area contributed by atoms with Crippen LogP contribution >= 0.6 is 15.9 Å². The van der Waals surface area contributed by atoms with Crippen LogP contribution in [-0.4, -0.2) is 34.8 Å². The lowest BCUT2D eigenvalue weighted by Gasteiger charge is -2.27. The van der Waals surface area contributed by atoms with E-state index >= 15 is 0 Å². The summed E-state index contributed by atoms with van der Waals surface area (Å²) in [6, 6.07) is 11.8. The fourth-order valence-corrected chi connectivity index (χ4v) is 4.36. The molecule has 3 aromatic rings. The number of nitrogens with zero attached hydrogens (tertiary/aromatic N) is 1. The topological polar surface area (TPSA) is 65.2 Å². The first-order valence-corrected chi connectivity index (χ1v) is 10.1. The number of amides is 2. The average molecular weight is 440 g/mol. The standard InChI is InChI=1S/C22H22BrN3O2/c1-13-8-14(2)10-15(9-13)22(28)24-11-20(27)26-7-6-19-17(12-26)16-4-3-5-18(23)21(16)25-19/h3-5,8-10,25H,6-7,11-12H2,1-2H3,(H,24,28). The molecule has 0 spiro atoms. The van der Waals surface area contributed by atoms with Crippen LogP contribution in [0.3, 0.4) is 0 Å². The van der Waals surface area contributed by atoms with E-state index in [2.05, 4.69) is 32.3 Å². The second-order valence-corrected chi connectivity index (χ2v) is 8.22. The van der Waals surface area contributed by atoms with Gasteiger partial charge in [0.25, 0.3) is 5.91 Å². The van der Waals surface area contributed by atoms with Crippen molar-refractivity contribution in [3.63, 3.8) is 0 Å². The van der Waals surface area contributed by atoms with Crippen molar-refractivity contribution in [3.8, 4) is 0 Å². The van der Waals surface area contributed by atoms with Crippen LogP contribution in [-0.2, 0) is 17.8 Å². The summed E-state index contributed by atoms with van der Waals surface area (Å²) in [7, 11) is 0. The van der Waals surface area contributed by atoms with E-state index in [1.807, 2.05) is 49.1 Å². The first kappa shape index (κ1) is 18.7. The lowest BCUT2D eigenvalue weighted by molar-refractivity contribution is -0.131. The third-order valence-corrected chi connectivity index (χ3v) is 5.86. The molecular weight excluding hydrogens is 418 g/mol. The highest BCUT2D eigenvalue weighted by atomic mass is 79.9. The average Bonchev–Trinajstić information content (AvgIpc) is 3.04. The second-order valence-electron chi connectivity index (χ2n) is 7.37. The fraction of sp³-hybridized carbons (Fsp3) is 0.273. The monoisotopic (exact) mass is 439 g/mol. The number of carbonyl (C=O) groups is 2. The molecule has 0 unspecified atom stereocenters. The molecule has 0 fully saturated rings. The summed E-state index contributed by atoms with van der Waals surface area (Å²) >= 11 is 3.58. The maximum atomic E-state index is 12.7. The van der Waals surface area contributed by atoms with Gasteiger partial charge >= 0.3 is 0 Å². The zero-order chi connectivity index (χ0) is 19.8. The van der Waals surface area contributed by atoms with Crippen LogP contribution in [0.2, 0.25) is 0 Å². The Hall–Kier alpha value is -2.60. The summed E-state index contributed by atoms with van der Waals surface area (Å²) in [5.74, 6) is -0.276. The first-order chi connectivity index (χ1) is 13.4. The molecular formula is C22H22BrN3O2. The number of aromatic nitrogens is 1. The van der Waals surface area contributed by atoms with Gasteiger partial charge in [0, 0.05) is 46.2 Å². The summed E-state index contributed by atoms with van der Waals surface area (Å²) < 4.78 is 1.03. The minimum absolute atomic E-state index is 0.00715. The quantitative estimate of drug-likeness (QED) is 0.650. The molecule has 2 heterocycles. The van der Waals surface area contributed by atoms with Crippen molar-refractivity contribution in [1.82, 2.24) is 15.2 Å². The summed E-state index contributed by atoms with van der Waals surface area (Å²) in [4.78, 5) is 30.4. The highest BCUT2D eigenvalue weighted by Crippen LogP contribution is 2.31. The largest absolute Gasteiger partial charge is 0.357 e. The molecule has 1 aromatic heterocycles. The van der Waals surface area contributed by atoms with Gasteiger partial charge in [0.05, 0.1) is 12.1 Å². The number of fused-ring (bicyclic) bond motifs is 3. The summed E-state index contributed by atoms with van der Waals surface area (Å²) in [6.07, 6.45) is 0.785. The number of para-hydroxylation sites is 1. The maximum absolute atomic E-state index is 12.7. The van der Waals surface area contributed by atoms with Gasteiger partial charge in [-0.3, -0.25) is 9.59 Å². The smallest absolute Gasteiger partial charge is 0.251 e. The number of carbonyl (C=O) groups excluding carboxylic acids is 2. The molecule has 144 valence electrons. The van der Waals surface area contributed by atoms with Gasteiger partial charge in [0.1, 0.15) is 0 Å². The molecule has 0 saturated carbocycles. The molecule has 0 radical (unpaired) electrons. The Kier molecular flexibility index (Phi) is 4.98. The van der Waals surface area contributed by atoms with Crippen LogP contribution in [0.5, 0.6) is 0 Å². The predicted molar refractivity (Wildman–Crippen MR) is 113 cm³/mol. The Morgan fingerprint density at radius 2 is 1.93 bits per heavy atom. The minimum atomic E-state index is -0.214. The van der Waals surface area contributed by atoms with Gasteiger partial charge in [-0.15, -0.1) is 0 Å². The molecule has 6 heteroatoms. The number of rotatable bonds is 3. The Bertz CT molecular complexity index is 1070. The Labute approximate surface area is 172 Å². The van der Waals surface area contributed by atoms with Gasteiger partial charge in [-0.25, -0.2) is 0 Å². The second kappa shape index (κ2) is 7.43. The van der Waals surface area contributed by atoms with Crippen LogP contribution in [0.1, 0.15) is 32.7 Å². The van der Waals surface area contributed by atoms with Gasteiger partial charge in [0.2, 0.25) is 5.91 Å². The molecule has 28 heavy (non-hydrogen) atoms. The summed E-state index contributed by atoms with van der Waals surface area (Å²) in [5.41, 5.74) is 6.08. The van der Waals surface area contributed by atoms with Gasteiger partial charge in [-0.1, -0.05) is 29.3 Å². The number of aryl methyl sites for hydroxylation is 2. The Morgan fingerprint density at radius 3 is 2.68 bits per heavy atom. The molecule has 2 aromatic carbocycles. The third-order valence-electron chi connectivity index (χ3n) is 5.20. The number of aromatic amines is 1. The first-order valence-electron chi connectivity index (χ1n) is 9.34. The van der Waals surface area contributed by atoms with Gasteiger partial charge < -0.3 is 15.2 Å². The molecule has 4 rings (SSSR count). The number of benzene rings is 2. The van der Waals surface area contributed by atoms with E-state index in [1.165, 1.54) is 5.69 Å². The van der Waals surface area contributed by atoms with Crippen molar-refractivity contribution in [2.75, 3.05) is 13.1 Å². The van der Waals surface area contributed by atoms with Crippen molar-refractivity contribution < 1.29 is 9.59 Å². The maximum Gasteiger partial charge on any atom is 0.251 e. The normalized spacial score (nSPS) is 13.5. The highest BCUT2D eigenvalue weighted by molar-refractivity contribution is 9.10. The van der Waals surface area contributed by atoms with Crippen molar-refractivity contribution in [3.05, 3.63) is 68.8 Å². The van der Waals surface area contributed by atoms with E-state index in [-0.39, 0.29) is 18.4 Å². The zero-order valence-corrected chi connectivity index (χ0v) is 17.5. The van der Waals surface area contributed by atoms with Crippen molar-refractivity contribution >= 4 is 38.6 Å². The number of nitrogens with one attached hydrogen (secondary N) is 2. The molecule has 5 nitrogen and oxygen atoms in total. The van der Waals surface area contributed by atoms with Crippen LogP contribution in [0, 0.1) is 13.8 Å². The molecule has 0 saturated heterocycles. The van der Waals surface area contributed by atoms with Crippen LogP contribution < -0.4 is 5.32 Å². The van der Waals surface area contributed by atoms with Crippen LogP contribution in [0.15, 0.2) is 40.9 Å². The highest BCUT2D eigenvalue weighted by Gasteiger charge is 2.24. The van der Waals surface area contributed by atoms with E-state index in [4.69, 9.17) is 0 Å². The van der Waals surface area contributed by atoms with Crippen molar-refractivity contribution in [2.24, 2.45) is 0 Å². The fourth-order valence-electron chi connectivity index (χ4n) is 3.89. The Morgan fingerprint density at radius 1 is 1.18 bits per heavy atom. The van der Waals surface area contributed by atoms with Gasteiger partial charge in [0.15, 0.2) is 0 Å². The van der Waals surface area contributed by atoms with E-state index in [1.54, 1.807) is 0 Å². The molecule has 2 amide bonds. The molecule has 0 atom stereocenters. The van der Waals surface area contributed by atoms with Crippen LogP contribution in [0.4, 0.5) is 0 Å². The lowest BCUT2D eigenvalue weighted by atomic mass is 10.0. The van der Waals surface area contributed by atoms with Crippen LogP contribution in [0.25, 0.3) is 10.9 Å². The van der Waals surface area contributed by atoms with Crippen molar-refractivity contribution in [2.45, 2.75) is 26.8 Å². The SMILES string of the molecule is Cc1cc(C)cc(C(=O)NCC(=O)N2CCc3[nH]c4c(Br)cccc4c3C2)c1. The number of hydrogen-bond acceptors (Lipinski definition) is 2. The van der Waals surface area contributed by atoms with E-state index in [9.17, 15) is 9.59 Å². The molecule has 1 aliphatic rings. The molecule has 0 aliphatic carbocycles. The Balaban J connectivity index is 1.44. The van der Waals surface area contributed by atoms with E-state index < -0.39 is 0 Å². The molecule has 0 bridgehead atoms. The summed E-state index contributed by atoms with van der Waals surface area (Å²) in [5, 5.41) is 3.91. The molecule has 2 N–H and O–H groups in total. The van der Waals surface area contributed by atoms with Gasteiger partial charge in [-0.2, -0.15) is 0 Å².